The molecule has 0 aliphatic rings. The van der Waals surface area contributed by atoms with Crippen molar-refractivity contribution in [3.63, 3.8) is 0 Å². The van der Waals surface area contributed by atoms with E-state index in [0.717, 1.165) is 11.5 Å². The number of aryl methyl sites for hydroxylation is 3. The smallest absolute Gasteiger partial charge is 0.0386 e. The standard InChI is InChI=1S/C18H23NS/c1-13-4-6-17(7-5-13)18(19)12-20-11-16-9-14(2)8-15(3)10-16/h4-10,18H,11-12,19H2,1-3H3. The first-order chi connectivity index (χ1) is 9.54. The van der Waals surface area contributed by atoms with E-state index >= 15 is 0 Å². The Hall–Kier alpha value is -1.25. The molecule has 0 heterocycles. The average molecular weight is 285 g/mol. The van der Waals surface area contributed by atoms with Gasteiger partial charge in [-0.1, -0.05) is 59.2 Å². The highest BCUT2D eigenvalue weighted by molar-refractivity contribution is 7.98. The molecular formula is C18H23NS. The lowest BCUT2D eigenvalue weighted by Gasteiger charge is -2.12. The van der Waals surface area contributed by atoms with Crippen molar-refractivity contribution in [2.45, 2.75) is 32.6 Å². The van der Waals surface area contributed by atoms with Crippen molar-refractivity contribution in [2.75, 3.05) is 5.75 Å². The minimum Gasteiger partial charge on any atom is -0.323 e. The normalized spacial score (nSPS) is 12.4. The highest BCUT2D eigenvalue weighted by atomic mass is 32.2. The van der Waals surface area contributed by atoms with E-state index in [-0.39, 0.29) is 6.04 Å². The van der Waals surface area contributed by atoms with Crippen LogP contribution in [-0.2, 0) is 5.75 Å². The molecule has 1 atom stereocenters. The topological polar surface area (TPSA) is 26.0 Å². The average Bonchev–Trinajstić information content (AvgIpc) is 2.38. The third-order valence-corrected chi connectivity index (χ3v) is 4.49. The Morgan fingerprint density at radius 2 is 1.50 bits per heavy atom. The molecule has 2 rings (SSSR count). The molecule has 2 aromatic rings. The number of hydrogen-bond acceptors (Lipinski definition) is 2. The van der Waals surface area contributed by atoms with E-state index in [1.807, 2.05) is 11.8 Å². The number of benzene rings is 2. The van der Waals surface area contributed by atoms with Crippen LogP contribution in [0.4, 0.5) is 0 Å². The fraction of sp³-hybridized carbons (Fsp3) is 0.333. The lowest BCUT2D eigenvalue weighted by Crippen LogP contribution is -2.13. The van der Waals surface area contributed by atoms with Crippen LogP contribution >= 0.6 is 11.8 Å². The van der Waals surface area contributed by atoms with E-state index in [2.05, 4.69) is 63.2 Å². The summed E-state index contributed by atoms with van der Waals surface area (Å²) in [6.07, 6.45) is 0. The van der Waals surface area contributed by atoms with Crippen LogP contribution in [0.25, 0.3) is 0 Å². The summed E-state index contributed by atoms with van der Waals surface area (Å²) in [7, 11) is 0. The fourth-order valence-corrected chi connectivity index (χ4v) is 3.33. The molecule has 0 aliphatic heterocycles. The first-order valence-electron chi connectivity index (χ1n) is 7.01. The third-order valence-electron chi connectivity index (χ3n) is 3.35. The second-order valence-corrected chi connectivity index (χ2v) is 6.56. The molecule has 0 fully saturated rings. The molecule has 2 N–H and O–H groups in total. The number of thioether (sulfide) groups is 1. The van der Waals surface area contributed by atoms with Gasteiger partial charge in [-0.25, -0.2) is 0 Å². The van der Waals surface area contributed by atoms with E-state index in [9.17, 15) is 0 Å². The molecule has 2 heteroatoms. The molecule has 0 aromatic heterocycles. The molecule has 0 spiro atoms. The summed E-state index contributed by atoms with van der Waals surface area (Å²) in [5.41, 5.74) is 12.8. The second kappa shape index (κ2) is 6.96. The number of nitrogens with two attached hydrogens (primary N) is 1. The van der Waals surface area contributed by atoms with Gasteiger partial charge in [0.05, 0.1) is 0 Å². The summed E-state index contributed by atoms with van der Waals surface area (Å²) in [4.78, 5) is 0. The van der Waals surface area contributed by atoms with Crippen molar-refractivity contribution in [1.29, 1.82) is 0 Å². The van der Waals surface area contributed by atoms with Gasteiger partial charge in [-0.05, 0) is 31.9 Å². The first-order valence-corrected chi connectivity index (χ1v) is 8.17. The van der Waals surface area contributed by atoms with Crippen LogP contribution in [0.1, 0.15) is 33.9 Å². The Morgan fingerprint density at radius 1 is 0.900 bits per heavy atom. The second-order valence-electron chi connectivity index (χ2n) is 5.53. The van der Waals surface area contributed by atoms with Gasteiger partial charge in [0.1, 0.15) is 0 Å². The van der Waals surface area contributed by atoms with Crippen molar-refractivity contribution in [3.05, 3.63) is 70.3 Å². The monoisotopic (exact) mass is 285 g/mol. The third kappa shape index (κ3) is 4.39. The van der Waals surface area contributed by atoms with Gasteiger partial charge >= 0.3 is 0 Å². The number of rotatable bonds is 5. The van der Waals surface area contributed by atoms with Crippen LogP contribution in [0.3, 0.4) is 0 Å². The summed E-state index contributed by atoms with van der Waals surface area (Å²) in [5, 5.41) is 0. The SMILES string of the molecule is Cc1ccc(C(N)CSCc2cc(C)cc(C)c2)cc1. The Balaban J connectivity index is 1.87. The maximum Gasteiger partial charge on any atom is 0.0386 e. The highest BCUT2D eigenvalue weighted by Gasteiger charge is 2.06. The van der Waals surface area contributed by atoms with Gasteiger partial charge < -0.3 is 5.73 Å². The molecule has 0 aliphatic carbocycles. The van der Waals surface area contributed by atoms with Crippen LogP contribution in [0, 0.1) is 20.8 Å². The van der Waals surface area contributed by atoms with Crippen LogP contribution in [0.15, 0.2) is 42.5 Å². The predicted molar refractivity (Wildman–Crippen MR) is 90.2 cm³/mol. The number of hydrogen-bond donors (Lipinski definition) is 1. The van der Waals surface area contributed by atoms with Gasteiger partial charge in [0.15, 0.2) is 0 Å². The highest BCUT2D eigenvalue weighted by Crippen LogP contribution is 2.21. The van der Waals surface area contributed by atoms with Crippen molar-refractivity contribution < 1.29 is 0 Å². The van der Waals surface area contributed by atoms with Gasteiger partial charge in [0, 0.05) is 17.5 Å². The quantitative estimate of drug-likeness (QED) is 0.872. The Kier molecular flexibility index (Phi) is 5.27. The van der Waals surface area contributed by atoms with Crippen LogP contribution in [-0.4, -0.2) is 5.75 Å². The minimum atomic E-state index is 0.117. The molecule has 0 amide bonds. The molecule has 20 heavy (non-hydrogen) atoms. The minimum absolute atomic E-state index is 0.117. The summed E-state index contributed by atoms with van der Waals surface area (Å²) in [6, 6.07) is 15.4. The van der Waals surface area contributed by atoms with Gasteiger partial charge in [0.25, 0.3) is 0 Å². The summed E-state index contributed by atoms with van der Waals surface area (Å²) in [6.45, 7) is 6.41. The molecule has 0 bridgehead atoms. The zero-order valence-corrected chi connectivity index (χ0v) is 13.3. The fourth-order valence-electron chi connectivity index (χ4n) is 2.37. The molecule has 0 saturated heterocycles. The van der Waals surface area contributed by atoms with Crippen molar-refractivity contribution in [1.82, 2.24) is 0 Å². The van der Waals surface area contributed by atoms with Crippen molar-refractivity contribution >= 4 is 11.8 Å². The van der Waals surface area contributed by atoms with Crippen molar-refractivity contribution in [3.8, 4) is 0 Å². The van der Waals surface area contributed by atoms with Gasteiger partial charge in [0.2, 0.25) is 0 Å². The maximum absolute atomic E-state index is 6.25. The first kappa shape index (κ1) is 15.1. The van der Waals surface area contributed by atoms with E-state index in [0.29, 0.717) is 0 Å². The molecule has 0 radical (unpaired) electrons. The van der Waals surface area contributed by atoms with E-state index in [1.165, 1.54) is 27.8 Å². The van der Waals surface area contributed by atoms with E-state index in [4.69, 9.17) is 5.73 Å². The van der Waals surface area contributed by atoms with Crippen molar-refractivity contribution in [2.24, 2.45) is 5.73 Å². The molecule has 1 unspecified atom stereocenters. The van der Waals surface area contributed by atoms with Crippen LogP contribution < -0.4 is 5.73 Å². The zero-order valence-electron chi connectivity index (χ0n) is 12.5. The lowest BCUT2D eigenvalue weighted by atomic mass is 10.1. The Morgan fingerprint density at radius 3 is 2.10 bits per heavy atom. The molecule has 0 saturated carbocycles. The van der Waals surface area contributed by atoms with Gasteiger partial charge in [-0.3, -0.25) is 0 Å². The largest absolute Gasteiger partial charge is 0.323 e. The lowest BCUT2D eigenvalue weighted by molar-refractivity contribution is 0.830. The Labute approximate surface area is 126 Å². The summed E-state index contributed by atoms with van der Waals surface area (Å²) < 4.78 is 0. The Bertz CT molecular complexity index is 540. The molecule has 2 aromatic carbocycles. The van der Waals surface area contributed by atoms with Gasteiger partial charge in [-0.2, -0.15) is 11.8 Å². The summed E-state index contributed by atoms with van der Waals surface area (Å²) in [5.74, 6) is 1.98. The van der Waals surface area contributed by atoms with E-state index in [1.54, 1.807) is 0 Å². The van der Waals surface area contributed by atoms with Crippen LogP contribution in [0.5, 0.6) is 0 Å². The van der Waals surface area contributed by atoms with Gasteiger partial charge in [-0.15, -0.1) is 0 Å². The summed E-state index contributed by atoms with van der Waals surface area (Å²) >= 11 is 1.91. The maximum atomic E-state index is 6.25. The molecule has 1 nitrogen and oxygen atoms in total. The predicted octanol–water partition coefficient (Wildman–Crippen LogP) is 4.55. The molecular weight excluding hydrogens is 262 g/mol. The zero-order chi connectivity index (χ0) is 14.5. The molecule has 106 valence electrons. The van der Waals surface area contributed by atoms with Crippen LogP contribution in [0.2, 0.25) is 0 Å². The van der Waals surface area contributed by atoms with E-state index < -0.39 is 0 Å².